The van der Waals surface area contributed by atoms with Gasteiger partial charge in [-0.1, -0.05) is 19.8 Å². The molecule has 0 spiro atoms. The van der Waals surface area contributed by atoms with Gasteiger partial charge in [-0.15, -0.1) is 0 Å². The lowest BCUT2D eigenvalue weighted by atomic mass is 9.89. The molecule has 0 aromatic heterocycles. The Hall–Kier alpha value is -0.570. The standard InChI is InChI=1S/C9H18N2O/c1-2-3-7-4-5-11-8(6-7)9(10)12/h7-8,11H,2-6H2,1H3,(H2,10,12)/t7-,8+/m1/s1. The largest absolute Gasteiger partial charge is 0.368 e. The third-order valence-electron chi connectivity index (χ3n) is 2.55. The molecule has 1 aliphatic heterocycles. The minimum atomic E-state index is -0.198. The Labute approximate surface area is 73.7 Å². The molecule has 12 heavy (non-hydrogen) atoms. The molecule has 0 aliphatic carbocycles. The van der Waals surface area contributed by atoms with E-state index in [9.17, 15) is 4.79 Å². The summed E-state index contributed by atoms with van der Waals surface area (Å²) in [5.74, 6) is 0.504. The zero-order valence-electron chi connectivity index (χ0n) is 7.68. The highest BCUT2D eigenvalue weighted by Gasteiger charge is 2.24. The molecule has 3 heteroatoms. The Bertz CT molecular complexity index is 157. The van der Waals surface area contributed by atoms with Gasteiger partial charge in [0.25, 0.3) is 0 Å². The van der Waals surface area contributed by atoms with Gasteiger partial charge in [0.1, 0.15) is 0 Å². The van der Waals surface area contributed by atoms with Crippen molar-refractivity contribution in [3.05, 3.63) is 0 Å². The highest BCUT2D eigenvalue weighted by Crippen LogP contribution is 2.20. The zero-order chi connectivity index (χ0) is 8.97. The van der Waals surface area contributed by atoms with E-state index < -0.39 is 0 Å². The van der Waals surface area contributed by atoms with Crippen molar-refractivity contribution in [2.45, 2.75) is 38.6 Å². The molecule has 1 aliphatic rings. The maximum absolute atomic E-state index is 10.9. The average Bonchev–Trinajstić information content (AvgIpc) is 2.05. The molecule has 0 radical (unpaired) electrons. The third-order valence-corrected chi connectivity index (χ3v) is 2.55. The second-order valence-corrected chi connectivity index (χ2v) is 3.59. The summed E-state index contributed by atoms with van der Waals surface area (Å²) in [4.78, 5) is 10.9. The summed E-state index contributed by atoms with van der Waals surface area (Å²) in [5, 5.41) is 3.13. The lowest BCUT2D eigenvalue weighted by Crippen LogP contribution is -2.46. The van der Waals surface area contributed by atoms with Gasteiger partial charge in [0.2, 0.25) is 5.91 Å². The van der Waals surface area contributed by atoms with Crippen LogP contribution in [0.4, 0.5) is 0 Å². The van der Waals surface area contributed by atoms with Gasteiger partial charge >= 0.3 is 0 Å². The Balaban J connectivity index is 2.35. The van der Waals surface area contributed by atoms with Gasteiger partial charge in [0, 0.05) is 0 Å². The van der Waals surface area contributed by atoms with E-state index in [0.29, 0.717) is 5.92 Å². The minimum absolute atomic E-state index is 0.0738. The first-order valence-electron chi connectivity index (χ1n) is 4.76. The van der Waals surface area contributed by atoms with Gasteiger partial charge in [-0.25, -0.2) is 0 Å². The summed E-state index contributed by atoms with van der Waals surface area (Å²) in [6.07, 6.45) is 4.56. The number of amides is 1. The first-order chi connectivity index (χ1) is 5.74. The van der Waals surface area contributed by atoms with E-state index in [1.807, 2.05) is 0 Å². The molecule has 1 rings (SSSR count). The number of carbonyl (C=O) groups excluding carboxylic acids is 1. The van der Waals surface area contributed by atoms with E-state index in [2.05, 4.69) is 12.2 Å². The molecular weight excluding hydrogens is 152 g/mol. The Kier molecular flexibility index (Phi) is 3.53. The smallest absolute Gasteiger partial charge is 0.234 e. The predicted molar refractivity (Wildman–Crippen MR) is 48.6 cm³/mol. The second kappa shape index (κ2) is 4.45. The van der Waals surface area contributed by atoms with Gasteiger partial charge in [0.05, 0.1) is 6.04 Å². The van der Waals surface area contributed by atoms with E-state index in [1.165, 1.54) is 19.3 Å². The van der Waals surface area contributed by atoms with Gasteiger partial charge in [0.15, 0.2) is 0 Å². The average molecular weight is 170 g/mol. The van der Waals surface area contributed by atoms with E-state index >= 15 is 0 Å². The molecule has 3 nitrogen and oxygen atoms in total. The van der Waals surface area contributed by atoms with Crippen LogP contribution in [0.25, 0.3) is 0 Å². The quantitative estimate of drug-likeness (QED) is 0.653. The van der Waals surface area contributed by atoms with Gasteiger partial charge in [-0.3, -0.25) is 4.79 Å². The fourth-order valence-corrected chi connectivity index (χ4v) is 1.88. The van der Waals surface area contributed by atoms with Crippen LogP contribution >= 0.6 is 0 Å². The lowest BCUT2D eigenvalue weighted by Gasteiger charge is -2.28. The molecule has 70 valence electrons. The lowest BCUT2D eigenvalue weighted by molar-refractivity contribution is -0.120. The molecule has 1 saturated heterocycles. The molecule has 0 bridgehead atoms. The van der Waals surface area contributed by atoms with Crippen molar-refractivity contribution in [3.8, 4) is 0 Å². The summed E-state index contributed by atoms with van der Waals surface area (Å²) >= 11 is 0. The van der Waals surface area contributed by atoms with E-state index in [1.54, 1.807) is 0 Å². The number of hydrogen-bond acceptors (Lipinski definition) is 2. The second-order valence-electron chi connectivity index (χ2n) is 3.59. The number of rotatable bonds is 3. The van der Waals surface area contributed by atoms with Crippen LogP contribution in [-0.4, -0.2) is 18.5 Å². The fraction of sp³-hybridized carbons (Fsp3) is 0.889. The number of primary amides is 1. The molecule has 1 fully saturated rings. The summed E-state index contributed by atoms with van der Waals surface area (Å²) in [6.45, 7) is 3.12. The van der Waals surface area contributed by atoms with E-state index in [0.717, 1.165) is 13.0 Å². The molecule has 0 unspecified atom stereocenters. The predicted octanol–water partition coefficient (Wildman–Crippen LogP) is 0.640. The van der Waals surface area contributed by atoms with Crippen molar-refractivity contribution >= 4 is 5.91 Å². The molecule has 1 heterocycles. The summed E-state index contributed by atoms with van der Waals surface area (Å²) < 4.78 is 0. The normalized spacial score (nSPS) is 30.1. The monoisotopic (exact) mass is 170 g/mol. The maximum atomic E-state index is 10.9. The Morgan fingerprint density at radius 2 is 2.42 bits per heavy atom. The fourth-order valence-electron chi connectivity index (χ4n) is 1.88. The van der Waals surface area contributed by atoms with Crippen LogP contribution < -0.4 is 11.1 Å². The third kappa shape index (κ3) is 2.48. The van der Waals surface area contributed by atoms with Crippen LogP contribution in [0.1, 0.15) is 32.6 Å². The number of carbonyl (C=O) groups is 1. The van der Waals surface area contributed by atoms with E-state index in [4.69, 9.17) is 5.73 Å². The van der Waals surface area contributed by atoms with Crippen LogP contribution in [0.15, 0.2) is 0 Å². The molecule has 2 atom stereocenters. The molecule has 0 aromatic rings. The summed E-state index contributed by atoms with van der Waals surface area (Å²) in [5.41, 5.74) is 5.22. The van der Waals surface area contributed by atoms with Crippen LogP contribution in [-0.2, 0) is 4.79 Å². The molecule has 0 saturated carbocycles. The van der Waals surface area contributed by atoms with Gasteiger partial charge in [-0.05, 0) is 25.3 Å². The van der Waals surface area contributed by atoms with Crippen molar-refractivity contribution < 1.29 is 4.79 Å². The zero-order valence-corrected chi connectivity index (χ0v) is 7.68. The highest BCUT2D eigenvalue weighted by atomic mass is 16.1. The Morgan fingerprint density at radius 3 is 3.00 bits per heavy atom. The number of nitrogens with one attached hydrogen (secondary N) is 1. The number of nitrogens with two attached hydrogens (primary N) is 1. The first-order valence-corrected chi connectivity index (χ1v) is 4.76. The summed E-state index contributed by atoms with van der Waals surface area (Å²) in [7, 11) is 0. The first kappa shape index (κ1) is 9.52. The van der Waals surface area contributed by atoms with E-state index in [-0.39, 0.29) is 11.9 Å². The minimum Gasteiger partial charge on any atom is -0.368 e. The van der Waals surface area contributed by atoms with Gasteiger partial charge in [-0.2, -0.15) is 0 Å². The summed E-state index contributed by atoms with van der Waals surface area (Å²) in [6, 6.07) is -0.0738. The Morgan fingerprint density at radius 1 is 1.67 bits per heavy atom. The number of piperidine rings is 1. The van der Waals surface area contributed by atoms with Crippen molar-refractivity contribution in [2.24, 2.45) is 11.7 Å². The van der Waals surface area contributed by atoms with Crippen molar-refractivity contribution in [1.29, 1.82) is 0 Å². The maximum Gasteiger partial charge on any atom is 0.234 e. The van der Waals surface area contributed by atoms with Crippen molar-refractivity contribution in [2.75, 3.05) is 6.54 Å². The van der Waals surface area contributed by atoms with Crippen LogP contribution in [0.2, 0.25) is 0 Å². The molecule has 0 aromatic carbocycles. The van der Waals surface area contributed by atoms with Crippen LogP contribution in [0.3, 0.4) is 0 Å². The highest BCUT2D eigenvalue weighted by molar-refractivity contribution is 5.79. The van der Waals surface area contributed by atoms with Crippen molar-refractivity contribution in [1.82, 2.24) is 5.32 Å². The SMILES string of the molecule is CCC[C@@H]1CCN[C@H](C(N)=O)C1. The topological polar surface area (TPSA) is 55.1 Å². The van der Waals surface area contributed by atoms with Gasteiger partial charge < -0.3 is 11.1 Å². The van der Waals surface area contributed by atoms with Crippen molar-refractivity contribution in [3.63, 3.8) is 0 Å². The van der Waals surface area contributed by atoms with Crippen LogP contribution in [0.5, 0.6) is 0 Å². The molecule has 3 N–H and O–H groups in total. The molecular formula is C9H18N2O. The van der Waals surface area contributed by atoms with Crippen LogP contribution in [0, 0.1) is 5.92 Å². The molecule has 1 amide bonds. The number of hydrogen-bond donors (Lipinski definition) is 2.